The van der Waals surface area contributed by atoms with Crippen molar-refractivity contribution < 1.29 is 14.1 Å². The fourth-order valence-corrected chi connectivity index (χ4v) is 5.53. The molecule has 27 heavy (non-hydrogen) atoms. The van der Waals surface area contributed by atoms with Gasteiger partial charge in [0.25, 0.3) is 0 Å². The lowest BCUT2D eigenvalue weighted by Gasteiger charge is -2.19. The Bertz CT molecular complexity index is 851. The minimum absolute atomic E-state index is 0.0221. The summed E-state index contributed by atoms with van der Waals surface area (Å²) < 4.78 is 7.77. The summed E-state index contributed by atoms with van der Waals surface area (Å²) in [7, 11) is 0. The number of carbonyl (C=O) groups is 1. The lowest BCUT2D eigenvalue weighted by atomic mass is 9.89. The van der Waals surface area contributed by atoms with Crippen molar-refractivity contribution in [1.29, 1.82) is 0 Å². The molecule has 2 saturated carbocycles. The minimum Gasteiger partial charge on any atom is -0.465 e. The van der Waals surface area contributed by atoms with Crippen LogP contribution in [0.4, 0.5) is 5.82 Å². The van der Waals surface area contributed by atoms with E-state index in [0.717, 1.165) is 24.3 Å². The predicted molar refractivity (Wildman–Crippen MR) is 103 cm³/mol. The molecule has 4 rings (SSSR count). The minimum atomic E-state index is 0.0221. The molecule has 0 saturated heterocycles. The molecular weight excluding hydrogens is 360 g/mol. The molecule has 6 nitrogen and oxygen atoms in total. The summed E-state index contributed by atoms with van der Waals surface area (Å²) in [6.45, 7) is 5.04. The highest BCUT2D eigenvalue weighted by Crippen LogP contribution is 2.48. The van der Waals surface area contributed by atoms with Crippen molar-refractivity contribution in [1.82, 2.24) is 9.97 Å². The molecule has 2 bridgehead atoms. The largest absolute Gasteiger partial charge is 0.465 e. The Hall–Kier alpha value is -2.02. The van der Waals surface area contributed by atoms with Crippen LogP contribution < -0.4 is 10.3 Å². The van der Waals surface area contributed by atoms with E-state index in [0.29, 0.717) is 30.7 Å². The highest BCUT2D eigenvalue weighted by molar-refractivity contribution is 7.09. The van der Waals surface area contributed by atoms with Gasteiger partial charge in [-0.2, -0.15) is 4.57 Å². The number of ether oxygens (including phenoxy) is 1. The summed E-state index contributed by atoms with van der Waals surface area (Å²) in [6.07, 6.45) is 7.34. The van der Waals surface area contributed by atoms with E-state index in [1.165, 1.54) is 29.8 Å². The topological polar surface area (TPSA) is 82.0 Å². The molecule has 0 spiro atoms. The molecule has 0 aliphatic heterocycles. The molecule has 2 aliphatic carbocycles. The van der Waals surface area contributed by atoms with Gasteiger partial charge in [0, 0.05) is 19.5 Å². The van der Waals surface area contributed by atoms with Crippen LogP contribution in [0.2, 0.25) is 0 Å². The number of anilines is 1. The number of thiazole rings is 1. The number of rotatable bonds is 6. The number of nitrogen functional groups attached to an aromatic ring is 1. The molecule has 7 heteroatoms. The molecule has 0 radical (unpaired) electrons. The van der Waals surface area contributed by atoms with Crippen LogP contribution in [0, 0.1) is 31.6 Å². The SMILES string of the molecule is Cc1ncc(C[n+]2csc(CCOC(=O)[C@@H]3C[C@@H]4CC[C@H]3C4)c2C)c(N)n1. The van der Waals surface area contributed by atoms with Crippen LogP contribution in [0.1, 0.15) is 47.6 Å². The maximum Gasteiger partial charge on any atom is 0.309 e. The van der Waals surface area contributed by atoms with E-state index < -0.39 is 0 Å². The number of hydrogen-bond acceptors (Lipinski definition) is 6. The van der Waals surface area contributed by atoms with E-state index in [9.17, 15) is 4.79 Å². The molecule has 0 amide bonds. The first kappa shape index (κ1) is 18.3. The Kier molecular flexibility index (Phi) is 5.12. The molecule has 2 aliphatic rings. The Morgan fingerprint density at radius 1 is 1.37 bits per heavy atom. The normalized spacial score (nSPS) is 23.7. The van der Waals surface area contributed by atoms with Gasteiger partial charge in [0.15, 0.2) is 12.2 Å². The summed E-state index contributed by atoms with van der Waals surface area (Å²) >= 11 is 1.69. The third-order valence-corrected chi connectivity index (χ3v) is 7.27. The zero-order valence-electron chi connectivity index (χ0n) is 16.0. The lowest BCUT2D eigenvalue weighted by molar-refractivity contribution is -0.689. The monoisotopic (exact) mass is 387 g/mol. The quantitative estimate of drug-likeness (QED) is 0.609. The maximum atomic E-state index is 12.4. The van der Waals surface area contributed by atoms with Crippen LogP contribution in [0.25, 0.3) is 0 Å². The summed E-state index contributed by atoms with van der Waals surface area (Å²) in [4.78, 5) is 22.1. The first-order valence-corrected chi connectivity index (χ1v) is 10.6. The van der Waals surface area contributed by atoms with Crippen LogP contribution in [-0.2, 0) is 22.5 Å². The third-order valence-electron chi connectivity index (χ3n) is 6.13. The number of carbonyl (C=O) groups excluding carboxylic acids is 1. The van der Waals surface area contributed by atoms with Crippen molar-refractivity contribution in [2.24, 2.45) is 17.8 Å². The molecule has 2 aromatic heterocycles. The van der Waals surface area contributed by atoms with Gasteiger partial charge in [-0.15, -0.1) is 0 Å². The highest BCUT2D eigenvalue weighted by Gasteiger charge is 2.43. The van der Waals surface area contributed by atoms with E-state index in [-0.39, 0.29) is 11.9 Å². The zero-order valence-corrected chi connectivity index (χ0v) is 16.8. The van der Waals surface area contributed by atoms with Gasteiger partial charge in [-0.25, -0.2) is 9.97 Å². The summed E-state index contributed by atoms with van der Waals surface area (Å²) in [5.74, 6) is 2.74. The standard InChI is InChI=1S/C20H27N4O2S/c1-12-18(5-6-26-20(25)17-8-14-3-4-15(17)7-14)27-11-24(12)10-16-9-22-13(2)23-19(16)21/h9,11,14-15,17H,3-8,10H2,1-2H3,(H2,21,22,23)/q+1/t14-,15+,17-/m1/s1. The molecule has 2 heterocycles. The average molecular weight is 388 g/mol. The summed E-state index contributed by atoms with van der Waals surface area (Å²) in [5.41, 5.74) is 10.2. The number of hydrogen-bond donors (Lipinski definition) is 1. The van der Waals surface area contributed by atoms with Gasteiger partial charge in [-0.1, -0.05) is 17.8 Å². The molecule has 2 fully saturated rings. The van der Waals surface area contributed by atoms with E-state index in [1.54, 1.807) is 17.5 Å². The summed E-state index contributed by atoms with van der Waals surface area (Å²) in [5, 5.41) is 0. The predicted octanol–water partition coefficient (Wildman–Crippen LogP) is 2.59. The smallest absolute Gasteiger partial charge is 0.309 e. The van der Waals surface area contributed by atoms with Crippen LogP contribution in [0.5, 0.6) is 0 Å². The Balaban J connectivity index is 1.32. The Morgan fingerprint density at radius 3 is 2.93 bits per heavy atom. The van der Waals surface area contributed by atoms with Crippen molar-refractivity contribution in [3.8, 4) is 0 Å². The van der Waals surface area contributed by atoms with E-state index in [2.05, 4.69) is 27.0 Å². The second-order valence-corrected chi connectivity index (χ2v) is 8.83. The Labute approximate surface area is 163 Å². The number of nitrogens with two attached hydrogens (primary N) is 1. The van der Waals surface area contributed by atoms with Gasteiger partial charge in [0.1, 0.15) is 11.6 Å². The maximum absolute atomic E-state index is 12.4. The van der Waals surface area contributed by atoms with Crippen molar-refractivity contribution >= 4 is 23.1 Å². The van der Waals surface area contributed by atoms with E-state index >= 15 is 0 Å². The van der Waals surface area contributed by atoms with Gasteiger partial charge < -0.3 is 10.5 Å². The molecular formula is C20H27N4O2S+. The fourth-order valence-electron chi connectivity index (χ4n) is 4.55. The number of nitrogens with zero attached hydrogens (tertiary/aromatic N) is 3. The Morgan fingerprint density at radius 2 is 2.22 bits per heavy atom. The molecule has 0 aromatic carbocycles. The first-order chi connectivity index (χ1) is 13.0. The average Bonchev–Trinajstić information content (AvgIpc) is 3.35. The van der Waals surface area contributed by atoms with Gasteiger partial charge in [-0.3, -0.25) is 4.79 Å². The highest BCUT2D eigenvalue weighted by atomic mass is 32.1. The van der Waals surface area contributed by atoms with E-state index in [1.807, 2.05) is 6.92 Å². The lowest BCUT2D eigenvalue weighted by Crippen LogP contribution is -2.35. The van der Waals surface area contributed by atoms with Gasteiger partial charge in [-0.05, 0) is 38.0 Å². The molecule has 2 N–H and O–H groups in total. The number of aromatic nitrogens is 3. The van der Waals surface area contributed by atoms with Crippen molar-refractivity contribution in [2.75, 3.05) is 12.3 Å². The van der Waals surface area contributed by atoms with Crippen LogP contribution in [0.15, 0.2) is 11.7 Å². The van der Waals surface area contributed by atoms with Crippen molar-refractivity contribution in [3.05, 3.63) is 33.7 Å². The molecule has 2 aromatic rings. The van der Waals surface area contributed by atoms with E-state index in [4.69, 9.17) is 10.5 Å². The van der Waals surface area contributed by atoms with Gasteiger partial charge in [0.2, 0.25) is 5.51 Å². The second-order valence-electron chi connectivity index (χ2n) is 7.89. The number of aryl methyl sites for hydroxylation is 1. The third kappa shape index (κ3) is 3.83. The second kappa shape index (κ2) is 7.54. The van der Waals surface area contributed by atoms with Crippen LogP contribution >= 0.6 is 11.3 Å². The molecule has 144 valence electrons. The van der Waals surface area contributed by atoms with Crippen molar-refractivity contribution in [3.63, 3.8) is 0 Å². The number of fused-ring (bicyclic) bond motifs is 2. The molecule has 3 atom stereocenters. The van der Waals surface area contributed by atoms with Gasteiger partial charge >= 0.3 is 5.97 Å². The zero-order chi connectivity index (χ0) is 19.0. The van der Waals surface area contributed by atoms with Crippen LogP contribution in [-0.4, -0.2) is 22.5 Å². The van der Waals surface area contributed by atoms with Crippen molar-refractivity contribution in [2.45, 2.75) is 52.5 Å². The first-order valence-electron chi connectivity index (χ1n) is 9.72. The molecule has 0 unspecified atom stereocenters. The van der Waals surface area contributed by atoms with Crippen LogP contribution in [0.3, 0.4) is 0 Å². The number of esters is 1. The van der Waals surface area contributed by atoms with Gasteiger partial charge in [0.05, 0.1) is 23.0 Å². The fraction of sp³-hybridized carbons (Fsp3) is 0.600. The summed E-state index contributed by atoms with van der Waals surface area (Å²) in [6, 6.07) is 0.